The quantitative estimate of drug-likeness (QED) is 0.624. The zero-order valence-electron chi connectivity index (χ0n) is 9.84. The van der Waals surface area contributed by atoms with Gasteiger partial charge in [-0.15, -0.1) is 11.6 Å². The monoisotopic (exact) mass is 256 g/mol. The van der Waals surface area contributed by atoms with E-state index in [2.05, 4.69) is 0 Å². The summed E-state index contributed by atoms with van der Waals surface area (Å²) in [6.07, 6.45) is 5.92. The van der Waals surface area contributed by atoms with Crippen molar-refractivity contribution in [3.8, 4) is 0 Å². The molecule has 94 valence electrons. The van der Waals surface area contributed by atoms with Crippen LogP contribution in [-0.2, 0) is 14.3 Å². The highest BCUT2D eigenvalue weighted by molar-refractivity contribution is 6.36. The van der Waals surface area contributed by atoms with Crippen molar-refractivity contribution in [3.05, 3.63) is 0 Å². The van der Waals surface area contributed by atoms with Gasteiger partial charge in [-0.05, 0) is 25.7 Å². The SMILES string of the molecule is O=C1C(Cl)C2(CCC3(CC2)OCCO3)C12CC2. The first-order valence-corrected chi connectivity index (χ1v) is 7.04. The number of ether oxygens (including phenoxy) is 2. The van der Waals surface area contributed by atoms with Gasteiger partial charge in [0.25, 0.3) is 0 Å². The fourth-order valence-electron chi connectivity index (χ4n) is 4.37. The molecule has 1 atom stereocenters. The van der Waals surface area contributed by atoms with Crippen LogP contribution in [0.2, 0.25) is 0 Å². The maximum absolute atomic E-state index is 11.9. The van der Waals surface area contributed by atoms with Crippen LogP contribution in [0.3, 0.4) is 0 Å². The summed E-state index contributed by atoms with van der Waals surface area (Å²) in [6.45, 7) is 1.42. The number of carbonyl (C=O) groups excluding carboxylic acids is 1. The summed E-state index contributed by atoms with van der Waals surface area (Å²) in [7, 11) is 0. The van der Waals surface area contributed by atoms with Gasteiger partial charge < -0.3 is 9.47 Å². The lowest BCUT2D eigenvalue weighted by Crippen LogP contribution is -2.63. The molecular weight excluding hydrogens is 240 g/mol. The molecule has 3 saturated carbocycles. The van der Waals surface area contributed by atoms with Crippen molar-refractivity contribution in [1.29, 1.82) is 0 Å². The predicted molar refractivity (Wildman–Crippen MR) is 61.9 cm³/mol. The number of ketones is 1. The van der Waals surface area contributed by atoms with Gasteiger partial charge in [0.15, 0.2) is 11.6 Å². The van der Waals surface area contributed by atoms with E-state index in [9.17, 15) is 4.79 Å². The van der Waals surface area contributed by atoms with E-state index in [1.165, 1.54) is 0 Å². The molecule has 0 amide bonds. The van der Waals surface area contributed by atoms with Gasteiger partial charge in [-0.3, -0.25) is 4.79 Å². The van der Waals surface area contributed by atoms with E-state index in [0.717, 1.165) is 38.5 Å². The summed E-state index contributed by atoms with van der Waals surface area (Å²) in [4.78, 5) is 11.9. The first kappa shape index (κ1) is 10.8. The molecule has 4 aliphatic rings. The Bertz CT molecular complexity index is 372. The van der Waals surface area contributed by atoms with Gasteiger partial charge in [-0.25, -0.2) is 0 Å². The molecule has 3 spiro atoms. The molecule has 0 N–H and O–H groups in total. The number of fused-ring (bicyclic) bond motifs is 1. The van der Waals surface area contributed by atoms with E-state index >= 15 is 0 Å². The number of hydrogen-bond donors (Lipinski definition) is 0. The van der Waals surface area contributed by atoms with Crippen molar-refractivity contribution in [2.75, 3.05) is 13.2 Å². The highest BCUT2D eigenvalue weighted by Crippen LogP contribution is 2.75. The molecule has 3 nitrogen and oxygen atoms in total. The van der Waals surface area contributed by atoms with Crippen LogP contribution in [-0.4, -0.2) is 30.2 Å². The maximum Gasteiger partial charge on any atom is 0.168 e. The van der Waals surface area contributed by atoms with Crippen LogP contribution >= 0.6 is 11.6 Å². The molecule has 4 rings (SSSR count). The van der Waals surface area contributed by atoms with Crippen molar-refractivity contribution in [3.63, 3.8) is 0 Å². The Hall–Kier alpha value is -0.120. The van der Waals surface area contributed by atoms with Crippen LogP contribution in [0.25, 0.3) is 0 Å². The molecule has 0 aromatic rings. The molecule has 0 aromatic heterocycles. The second kappa shape index (κ2) is 3.06. The Kier molecular flexibility index (Phi) is 1.94. The third-order valence-corrected chi connectivity index (χ3v) is 6.22. The minimum Gasteiger partial charge on any atom is -0.348 e. The summed E-state index contributed by atoms with van der Waals surface area (Å²) < 4.78 is 11.5. The molecule has 4 heteroatoms. The topological polar surface area (TPSA) is 35.5 Å². The van der Waals surface area contributed by atoms with Gasteiger partial charge >= 0.3 is 0 Å². The fraction of sp³-hybridized carbons (Fsp3) is 0.923. The van der Waals surface area contributed by atoms with Crippen LogP contribution in [0.5, 0.6) is 0 Å². The lowest BCUT2D eigenvalue weighted by molar-refractivity contribution is -0.208. The van der Waals surface area contributed by atoms with E-state index < -0.39 is 0 Å². The third-order valence-electron chi connectivity index (χ3n) is 5.61. The minimum atomic E-state index is -0.337. The number of carbonyl (C=O) groups is 1. The van der Waals surface area contributed by atoms with Crippen LogP contribution < -0.4 is 0 Å². The van der Waals surface area contributed by atoms with Gasteiger partial charge in [-0.1, -0.05) is 0 Å². The van der Waals surface area contributed by atoms with Gasteiger partial charge in [-0.2, -0.15) is 0 Å². The van der Waals surface area contributed by atoms with Crippen molar-refractivity contribution in [2.24, 2.45) is 10.8 Å². The van der Waals surface area contributed by atoms with E-state index in [0.29, 0.717) is 19.0 Å². The number of Topliss-reactive ketones (excluding diaryl/α,β-unsaturated/α-hetero) is 1. The second-order valence-corrected chi connectivity index (χ2v) is 6.51. The fourth-order valence-corrected chi connectivity index (χ4v) is 5.00. The molecule has 3 aliphatic carbocycles. The highest BCUT2D eigenvalue weighted by atomic mass is 35.5. The second-order valence-electron chi connectivity index (χ2n) is 6.07. The average molecular weight is 257 g/mol. The normalized spacial score (nSPS) is 39.8. The molecule has 4 fully saturated rings. The third kappa shape index (κ3) is 1.09. The highest BCUT2D eigenvalue weighted by Gasteiger charge is 2.77. The van der Waals surface area contributed by atoms with Gasteiger partial charge in [0.05, 0.1) is 18.6 Å². The molecule has 0 aromatic carbocycles. The smallest absolute Gasteiger partial charge is 0.168 e. The summed E-state index contributed by atoms with van der Waals surface area (Å²) in [6, 6.07) is 0. The molecule has 17 heavy (non-hydrogen) atoms. The summed E-state index contributed by atoms with van der Waals surface area (Å²) >= 11 is 6.32. The van der Waals surface area contributed by atoms with Crippen molar-refractivity contribution in [1.82, 2.24) is 0 Å². The van der Waals surface area contributed by atoms with E-state index in [1.807, 2.05) is 0 Å². The van der Waals surface area contributed by atoms with Crippen LogP contribution in [0.1, 0.15) is 38.5 Å². The average Bonchev–Trinajstić information content (AvgIpc) is 3.08. The van der Waals surface area contributed by atoms with Crippen molar-refractivity contribution >= 4 is 17.4 Å². The first-order valence-electron chi connectivity index (χ1n) is 6.61. The Labute approximate surface area is 106 Å². The number of halogens is 1. The molecule has 0 radical (unpaired) electrons. The van der Waals surface area contributed by atoms with Gasteiger partial charge in [0.2, 0.25) is 0 Å². The largest absolute Gasteiger partial charge is 0.348 e. The van der Waals surface area contributed by atoms with E-state index in [-0.39, 0.29) is 22.0 Å². The predicted octanol–water partition coefficient (Wildman–Crippen LogP) is 2.26. The Morgan fingerprint density at radius 1 is 1.00 bits per heavy atom. The van der Waals surface area contributed by atoms with E-state index in [1.54, 1.807) is 0 Å². The zero-order chi connectivity index (χ0) is 11.7. The lowest BCUT2D eigenvalue weighted by atomic mass is 9.49. The maximum atomic E-state index is 11.9. The Morgan fingerprint density at radius 3 is 2.12 bits per heavy atom. The summed E-state index contributed by atoms with van der Waals surface area (Å²) in [5.41, 5.74) is 0.0475. The van der Waals surface area contributed by atoms with Gasteiger partial charge in [0, 0.05) is 23.7 Å². The number of hydrogen-bond acceptors (Lipinski definition) is 3. The van der Waals surface area contributed by atoms with Crippen LogP contribution in [0.4, 0.5) is 0 Å². The molecule has 1 aliphatic heterocycles. The molecular formula is C13H17ClO3. The standard InChI is InChI=1S/C13H17ClO3/c14-9-10(15)12(1-2-12)11(9)3-5-13(6-4-11)16-7-8-17-13/h9H,1-8H2. The van der Waals surface area contributed by atoms with E-state index in [4.69, 9.17) is 21.1 Å². The molecule has 0 bridgehead atoms. The van der Waals surface area contributed by atoms with Crippen molar-refractivity contribution in [2.45, 2.75) is 49.7 Å². The molecule has 1 unspecified atom stereocenters. The summed E-state index contributed by atoms with van der Waals surface area (Å²) in [5.74, 6) is -0.0280. The van der Waals surface area contributed by atoms with Gasteiger partial charge in [0.1, 0.15) is 0 Å². The molecule has 1 heterocycles. The Morgan fingerprint density at radius 2 is 1.59 bits per heavy atom. The van der Waals surface area contributed by atoms with Crippen molar-refractivity contribution < 1.29 is 14.3 Å². The summed E-state index contributed by atoms with van der Waals surface area (Å²) in [5, 5.41) is -0.247. The number of rotatable bonds is 0. The molecule has 1 saturated heterocycles. The zero-order valence-corrected chi connectivity index (χ0v) is 10.6. The Balaban J connectivity index is 1.57. The van der Waals surface area contributed by atoms with Crippen LogP contribution in [0, 0.1) is 10.8 Å². The minimum absolute atomic E-state index is 0.0281. The lowest BCUT2D eigenvalue weighted by Gasteiger charge is -2.57. The first-order chi connectivity index (χ1) is 8.14. The van der Waals surface area contributed by atoms with Crippen LogP contribution in [0.15, 0.2) is 0 Å². The number of alkyl halides is 1.